The maximum absolute atomic E-state index is 9.31. The molecule has 0 atom stereocenters. The summed E-state index contributed by atoms with van der Waals surface area (Å²) in [4.78, 5) is 0.934. The molecule has 0 aliphatic carbocycles. The van der Waals surface area contributed by atoms with Crippen molar-refractivity contribution >= 4 is 27.8 Å². The summed E-state index contributed by atoms with van der Waals surface area (Å²) in [6.45, 7) is 0. The van der Waals surface area contributed by atoms with Crippen molar-refractivity contribution in [1.29, 1.82) is 0 Å². The highest BCUT2D eigenvalue weighted by atomic mass is 15.1. The Labute approximate surface area is 309 Å². The van der Waals surface area contributed by atoms with Crippen LogP contribution in [0.4, 0.5) is 17.1 Å². The van der Waals surface area contributed by atoms with Gasteiger partial charge in [0.15, 0.2) is 0 Å². The van der Waals surface area contributed by atoms with Crippen molar-refractivity contribution in [3.05, 3.63) is 200 Å². The molecular weight excluding hydrogens is 567 g/mol. The monoisotopic (exact) mass is 622 g/mol. The fourth-order valence-corrected chi connectivity index (χ4v) is 4.98. The first-order valence-corrected chi connectivity index (χ1v) is 14.2. The second-order valence-electron chi connectivity index (χ2n) is 10.1. The molecule has 0 aliphatic rings. The zero-order valence-corrected chi connectivity index (χ0v) is 24.2. The molecule has 0 amide bonds. The molecule has 0 N–H and O–H groups in total. The molecule has 1 nitrogen and oxygen atoms in total. The van der Waals surface area contributed by atoms with E-state index in [0.717, 1.165) is 4.90 Å². The lowest BCUT2D eigenvalue weighted by Crippen LogP contribution is -2.09. The number of fused-ring (bicyclic) bond motifs is 1. The highest BCUT2D eigenvalue weighted by Crippen LogP contribution is 2.38. The Balaban J connectivity index is 1.33. The van der Waals surface area contributed by atoms with E-state index < -0.39 is 161 Å². The first-order chi connectivity index (χ1) is 32.8. The summed E-state index contributed by atoms with van der Waals surface area (Å²) in [5.74, 6) is 0. The van der Waals surface area contributed by atoms with Gasteiger partial charge in [-0.25, -0.2) is 0 Å². The van der Waals surface area contributed by atoms with Crippen LogP contribution in [0.25, 0.3) is 55.3 Å². The molecule has 222 valence electrons. The lowest BCUT2D eigenvalue weighted by atomic mass is 9.97. The topological polar surface area (TPSA) is 3.24 Å². The van der Waals surface area contributed by atoms with Crippen LogP contribution in [0.2, 0.25) is 0 Å². The van der Waals surface area contributed by atoms with Crippen molar-refractivity contribution in [2.24, 2.45) is 0 Å². The maximum atomic E-state index is 9.31. The van der Waals surface area contributed by atoms with E-state index in [1.807, 2.05) is 6.07 Å². The molecule has 0 spiro atoms. The van der Waals surface area contributed by atoms with Gasteiger partial charge >= 0.3 is 0 Å². The summed E-state index contributed by atoms with van der Waals surface area (Å²) < 4.78 is 198. The molecule has 0 heterocycles. The lowest BCUT2D eigenvalue weighted by Gasteiger charge is -2.26. The summed E-state index contributed by atoms with van der Waals surface area (Å²) in [5, 5.41) is 1.37. The van der Waals surface area contributed by atoms with Gasteiger partial charge < -0.3 is 4.90 Å². The van der Waals surface area contributed by atoms with Gasteiger partial charge in [-0.2, -0.15) is 0 Å². The van der Waals surface area contributed by atoms with Crippen LogP contribution in [0.1, 0.15) is 31.5 Å². The van der Waals surface area contributed by atoms with E-state index in [1.165, 1.54) is 12.1 Å². The zero-order valence-electron chi connectivity index (χ0n) is 47.2. The first-order valence-electron chi connectivity index (χ1n) is 25.7. The van der Waals surface area contributed by atoms with Crippen molar-refractivity contribution in [3.63, 3.8) is 0 Å². The molecular formula is C46H33N. The van der Waals surface area contributed by atoms with E-state index in [0.29, 0.717) is 27.5 Å². The van der Waals surface area contributed by atoms with Gasteiger partial charge in [-0.15, -0.1) is 0 Å². The van der Waals surface area contributed by atoms with Crippen molar-refractivity contribution < 1.29 is 31.5 Å². The summed E-state index contributed by atoms with van der Waals surface area (Å²) in [6.07, 6.45) is 0. The van der Waals surface area contributed by atoms with Crippen LogP contribution in [0.15, 0.2) is 200 Å². The minimum Gasteiger partial charge on any atom is -0.311 e. The smallest absolute Gasteiger partial charge is 0.0645 e. The Morgan fingerprint density at radius 1 is 0.277 bits per heavy atom. The Bertz CT molecular complexity index is 3310. The second-order valence-corrected chi connectivity index (χ2v) is 10.1. The summed E-state index contributed by atoms with van der Waals surface area (Å²) >= 11 is 0. The Hall–Kier alpha value is -6.18. The second kappa shape index (κ2) is 12.7. The molecule has 0 saturated heterocycles. The summed E-state index contributed by atoms with van der Waals surface area (Å²) in [5.41, 5.74) is -2.25. The molecule has 1 heteroatoms. The predicted octanol–water partition coefficient (Wildman–Crippen LogP) is 13.0. The number of hydrogen-bond acceptors (Lipinski definition) is 1. The predicted molar refractivity (Wildman–Crippen MR) is 200 cm³/mol. The van der Waals surface area contributed by atoms with Gasteiger partial charge in [0.1, 0.15) is 0 Å². The van der Waals surface area contributed by atoms with Crippen LogP contribution in [0.3, 0.4) is 0 Å². The van der Waals surface area contributed by atoms with Crippen molar-refractivity contribution in [2.45, 2.75) is 0 Å². The van der Waals surface area contributed by atoms with Gasteiger partial charge in [-0.3, -0.25) is 0 Å². The molecule has 8 rings (SSSR count). The van der Waals surface area contributed by atoms with Crippen LogP contribution in [0.5, 0.6) is 0 Å². The average molecular weight is 623 g/mol. The fourth-order valence-electron chi connectivity index (χ4n) is 4.98. The standard InChI is InChI=1S/C46H33N/c1-4-10-34(11-5-1)37-20-26-44(27-21-37)47(45-28-22-38(23-29-45)35-12-6-2-7-13-35)46-30-24-39(25-31-46)41-17-19-42-32-40(16-18-43(42)33-41)36-14-8-3-9-15-36/h1-33H/i1D,2D,3D,4D,5D,6D,7D,8D,9D,10D,11D,12D,13D,14D,15D,20D,21D,22D,23D,26D,27D,28D,29D. The lowest BCUT2D eigenvalue weighted by molar-refractivity contribution is 1.28. The average Bonchev–Trinajstić information content (AvgIpc) is 3.35. The summed E-state index contributed by atoms with van der Waals surface area (Å²) in [7, 11) is 0. The third-order valence-electron chi connectivity index (χ3n) is 7.26. The van der Waals surface area contributed by atoms with Gasteiger partial charge in [0.2, 0.25) is 0 Å². The van der Waals surface area contributed by atoms with Gasteiger partial charge in [-0.1, -0.05) is 151 Å². The number of nitrogens with zero attached hydrogens (tertiary/aromatic N) is 1. The van der Waals surface area contributed by atoms with E-state index >= 15 is 0 Å². The zero-order chi connectivity index (χ0) is 51.4. The first kappa shape index (κ1) is 12.9. The molecule has 8 aromatic carbocycles. The van der Waals surface area contributed by atoms with Crippen molar-refractivity contribution in [3.8, 4) is 44.5 Å². The van der Waals surface area contributed by atoms with Crippen LogP contribution in [-0.2, 0) is 0 Å². The molecule has 0 aromatic heterocycles. The Kier molecular flexibility index (Phi) is 3.48. The molecule has 0 unspecified atom stereocenters. The molecule has 0 radical (unpaired) electrons. The van der Waals surface area contributed by atoms with Gasteiger partial charge in [0.05, 0.1) is 31.5 Å². The number of anilines is 3. The number of hydrogen-bond donors (Lipinski definition) is 0. The largest absolute Gasteiger partial charge is 0.311 e. The van der Waals surface area contributed by atoms with Crippen molar-refractivity contribution in [1.82, 2.24) is 0 Å². The van der Waals surface area contributed by atoms with Crippen LogP contribution >= 0.6 is 0 Å². The molecule has 47 heavy (non-hydrogen) atoms. The van der Waals surface area contributed by atoms with E-state index in [-0.39, 0.29) is 23.3 Å². The van der Waals surface area contributed by atoms with E-state index in [2.05, 4.69) is 0 Å². The van der Waals surface area contributed by atoms with Crippen LogP contribution in [0, 0.1) is 0 Å². The van der Waals surface area contributed by atoms with Gasteiger partial charge in [-0.05, 0) is 104 Å². The van der Waals surface area contributed by atoms with Crippen molar-refractivity contribution in [2.75, 3.05) is 4.90 Å². The minimum absolute atomic E-state index is 0.0352. The van der Waals surface area contributed by atoms with Crippen LogP contribution < -0.4 is 4.90 Å². The SMILES string of the molecule is [2H]c1c([2H])c([2H])c(-c2ccc3cc(-c4ccc(N(c5c([2H])c([2H])c(-c6c([2H])c([2H])c([2H])c([2H])c6[2H])c([2H])c5[2H])c5c([2H])c([2H])c(-c6c([2H])c([2H])c([2H])c([2H])c6[2H])c([2H])c5[2H])cc4)ccc3c2)c([2H])c1[2H]. The maximum Gasteiger partial charge on any atom is 0.0645 e. The van der Waals surface area contributed by atoms with Gasteiger partial charge in [0.25, 0.3) is 0 Å². The quantitative estimate of drug-likeness (QED) is 0.171. The number of benzene rings is 8. The fraction of sp³-hybridized carbons (Fsp3) is 0. The molecule has 0 fully saturated rings. The highest BCUT2D eigenvalue weighted by molar-refractivity contribution is 5.91. The van der Waals surface area contributed by atoms with Gasteiger partial charge in [0, 0.05) is 17.1 Å². The molecule has 8 aromatic rings. The van der Waals surface area contributed by atoms with Crippen LogP contribution in [-0.4, -0.2) is 0 Å². The molecule has 0 aliphatic heterocycles. The van der Waals surface area contributed by atoms with E-state index in [9.17, 15) is 5.48 Å². The minimum atomic E-state index is -0.881. The number of rotatable bonds is 7. The third kappa shape index (κ3) is 5.95. The van der Waals surface area contributed by atoms with E-state index in [1.54, 1.807) is 42.5 Å². The van der Waals surface area contributed by atoms with E-state index in [4.69, 9.17) is 26.0 Å². The third-order valence-corrected chi connectivity index (χ3v) is 7.26. The Morgan fingerprint density at radius 3 is 1.04 bits per heavy atom. The molecule has 0 bridgehead atoms. The summed E-state index contributed by atoms with van der Waals surface area (Å²) in [6, 6.07) is -0.766. The highest BCUT2D eigenvalue weighted by Gasteiger charge is 2.14. The molecule has 0 saturated carbocycles. The Morgan fingerprint density at radius 2 is 0.617 bits per heavy atom. The normalized spacial score (nSPS) is 17.8.